The molecule has 0 unspecified atom stereocenters. The van der Waals surface area contributed by atoms with Crippen LogP contribution in [-0.2, 0) is 6.42 Å². The minimum Gasteiger partial charge on any atom is -0.331 e. The standard InChI is InChI=1S/C12H14N2S/c1-3-10-6-4-5-7-11(10)14-12-13-9(2)8-15-12/h4-8H,3H2,1-2H3,(H,13,14). The average Bonchev–Trinajstić information content (AvgIpc) is 2.65. The number of thiazole rings is 1. The smallest absolute Gasteiger partial charge is 0.187 e. The highest BCUT2D eigenvalue weighted by molar-refractivity contribution is 7.13. The van der Waals surface area contributed by atoms with E-state index in [1.807, 2.05) is 13.0 Å². The minimum atomic E-state index is 0.966. The molecule has 1 N–H and O–H groups in total. The Kier molecular flexibility index (Phi) is 3.02. The van der Waals surface area contributed by atoms with E-state index in [2.05, 4.69) is 40.8 Å². The number of nitrogens with zero attached hydrogens (tertiary/aromatic N) is 1. The second-order valence-corrected chi connectivity index (χ2v) is 4.29. The molecule has 0 bridgehead atoms. The number of para-hydroxylation sites is 1. The van der Waals surface area contributed by atoms with E-state index < -0.39 is 0 Å². The van der Waals surface area contributed by atoms with Crippen LogP contribution in [0.4, 0.5) is 10.8 Å². The van der Waals surface area contributed by atoms with Crippen LogP contribution in [0.1, 0.15) is 18.2 Å². The highest BCUT2D eigenvalue weighted by atomic mass is 32.1. The Balaban J connectivity index is 2.23. The third kappa shape index (κ3) is 2.36. The first kappa shape index (κ1) is 10.2. The summed E-state index contributed by atoms with van der Waals surface area (Å²) in [5.41, 5.74) is 3.55. The maximum absolute atomic E-state index is 4.39. The molecule has 0 spiro atoms. The molecule has 0 aliphatic heterocycles. The first-order valence-corrected chi connectivity index (χ1v) is 5.94. The van der Waals surface area contributed by atoms with Gasteiger partial charge in [-0.15, -0.1) is 11.3 Å². The molecule has 1 aromatic carbocycles. The van der Waals surface area contributed by atoms with Crippen molar-refractivity contribution in [3.8, 4) is 0 Å². The first-order chi connectivity index (χ1) is 7.29. The number of benzene rings is 1. The molecule has 0 radical (unpaired) electrons. The molecule has 0 aliphatic carbocycles. The van der Waals surface area contributed by atoms with E-state index in [9.17, 15) is 0 Å². The van der Waals surface area contributed by atoms with Gasteiger partial charge >= 0.3 is 0 Å². The molecule has 0 aliphatic rings. The summed E-state index contributed by atoms with van der Waals surface area (Å²) in [5, 5.41) is 6.37. The van der Waals surface area contributed by atoms with E-state index in [1.165, 1.54) is 5.56 Å². The van der Waals surface area contributed by atoms with Gasteiger partial charge in [0.2, 0.25) is 0 Å². The fourth-order valence-electron chi connectivity index (χ4n) is 1.48. The zero-order valence-electron chi connectivity index (χ0n) is 8.95. The zero-order chi connectivity index (χ0) is 10.7. The van der Waals surface area contributed by atoms with Crippen molar-refractivity contribution in [3.63, 3.8) is 0 Å². The van der Waals surface area contributed by atoms with Crippen molar-refractivity contribution in [2.45, 2.75) is 20.3 Å². The van der Waals surface area contributed by atoms with Crippen molar-refractivity contribution in [3.05, 3.63) is 40.9 Å². The number of hydrogen-bond acceptors (Lipinski definition) is 3. The topological polar surface area (TPSA) is 24.9 Å². The normalized spacial score (nSPS) is 10.3. The number of nitrogens with one attached hydrogen (secondary N) is 1. The van der Waals surface area contributed by atoms with Crippen LogP contribution in [0.3, 0.4) is 0 Å². The van der Waals surface area contributed by atoms with Crippen LogP contribution in [0.15, 0.2) is 29.6 Å². The Hall–Kier alpha value is -1.35. The largest absolute Gasteiger partial charge is 0.331 e. The number of anilines is 2. The summed E-state index contributed by atoms with van der Waals surface area (Å²) < 4.78 is 0. The van der Waals surface area contributed by atoms with Gasteiger partial charge in [-0.3, -0.25) is 0 Å². The molecule has 2 aromatic rings. The van der Waals surface area contributed by atoms with Gasteiger partial charge in [-0.05, 0) is 25.0 Å². The van der Waals surface area contributed by atoms with E-state index in [-0.39, 0.29) is 0 Å². The number of aryl methyl sites for hydroxylation is 2. The molecule has 0 atom stereocenters. The third-order valence-corrected chi connectivity index (χ3v) is 3.13. The van der Waals surface area contributed by atoms with Crippen molar-refractivity contribution < 1.29 is 0 Å². The van der Waals surface area contributed by atoms with Crippen LogP contribution in [0.25, 0.3) is 0 Å². The first-order valence-electron chi connectivity index (χ1n) is 5.06. The van der Waals surface area contributed by atoms with Gasteiger partial charge in [-0.25, -0.2) is 4.98 Å². The lowest BCUT2D eigenvalue weighted by Crippen LogP contribution is -1.94. The Morgan fingerprint density at radius 2 is 2.13 bits per heavy atom. The third-order valence-electron chi connectivity index (χ3n) is 2.26. The molecule has 0 amide bonds. The molecular weight excluding hydrogens is 204 g/mol. The molecule has 0 fully saturated rings. The molecule has 1 aromatic heterocycles. The Morgan fingerprint density at radius 3 is 2.80 bits per heavy atom. The van der Waals surface area contributed by atoms with E-state index in [0.717, 1.165) is 22.9 Å². The molecule has 3 heteroatoms. The minimum absolute atomic E-state index is 0.966. The van der Waals surface area contributed by atoms with Gasteiger partial charge in [0.15, 0.2) is 5.13 Å². The van der Waals surface area contributed by atoms with Crippen molar-refractivity contribution in [1.29, 1.82) is 0 Å². The number of rotatable bonds is 3. The fraction of sp³-hybridized carbons (Fsp3) is 0.250. The van der Waals surface area contributed by atoms with Gasteiger partial charge in [-0.2, -0.15) is 0 Å². The second-order valence-electron chi connectivity index (χ2n) is 3.43. The van der Waals surface area contributed by atoms with E-state index in [1.54, 1.807) is 11.3 Å². The van der Waals surface area contributed by atoms with Crippen molar-refractivity contribution in [2.24, 2.45) is 0 Å². The van der Waals surface area contributed by atoms with Crippen LogP contribution in [0, 0.1) is 6.92 Å². The van der Waals surface area contributed by atoms with Crippen molar-refractivity contribution in [2.75, 3.05) is 5.32 Å². The molecule has 2 nitrogen and oxygen atoms in total. The fourth-order valence-corrected chi connectivity index (χ4v) is 2.18. The van der Waals surface area contributed by atoms with Crippen LogP contribution in [-0.4, -0.2) is 4.98 Å². The molecule has 15 heavy (non-hydrogen) atoms. The molecule has 1 heterocycles. The van der Waals surface area contributed by atoms with Crippen LogP contribution in [0.5, 0.6) is 0 Å². The summed E-state index contributed by atoms with van der Waals surface area (Å²) in [4.78, 5) is 4.39. The zero-order valence-corrected chi connectivity index (χ0v) is 9.77. The maximum atomic E-state index is 4.39. The Labute approximate surface area is 94.0 Å². The summed E-state index contributed by atoms with van der Waals surface area (Å²) in [6.45, 7) is 4.17. The van der Waals surface area contributed by atoms with Gasteiger partial charge in [0.1, 0.15) is 0 Å². The van der Waals surface area contributed by atoms with Crippen LogP contribution in [0.2, 0.25) is 0 Å². The predicted octanol–water partition coefficient (Wildman–Crippen LogP) is 3.76. The lowest BCUT2D eigenvalue weighted by molar-refractivity contribution is 1.14. The molecule has 0 saturated heterocycles. The highest BCUT2D eigenvalue weighted by Crippen LogP contribution is 2.23. The van der Waals surface area contributed by atoms with Gasteiger partial charge in [0.05, 0.1) is 5.69 Å². The van der Waals surface area contributed by atoms with E-state index in [0.29, 0.717) is 0 Å². The highest BCUT2D eigenvalue weighted by Gasteiger charge is 2.02. The maximum Gasteiger partial charge on any atom is 0.187 e. The number of aromatic nitrogens is 1. The summed E-state index contributed by atoms with van der Waals surface area (Å²) >= 11 is 1.64. The summed E-state index contributed by atoms with van der Waals surface area (Å²) in [6, 6.07) is 8.34. The average molecular weight is 218 g/mol. The van der Waals surface area contributed by atoms with Crippen LogP contribution >= 0.6 is 11.3 Å². The SMILES string of the molecule is CCc1ccccc1Nc1nc(C)cs1. The molecule has 78 valence electrons. The molecular formula is C12H14N2S. The molecule has 0 saturated carbocycles. The quantitative estimate of drug-likeness (QED) is 0.848. The summed E-state index contributed by atoms with van der Waals surface area (Å²) in [5.74, 6) is 0. The second kappa shape index (κ2) is 4.45. The van der Waals surface area contributed by atoms with Gasteiger partial charge < -0.3 is 5.32 Å². The Morgan fingerprint density at radius 1 is 1.33 bits per heavy atom. The van der Waals surface area contributed by atoms with Crippen molar-refractivity contribution >= 4 is 22.2 Å². The Bertz CT molecular complexity index is 448. The predicted molar refractivity (Wildman–Crippen MR) is 66.0 cm³/mol. The van der Waals surface area contributed by atoms with E-state index >= 15 is 0 Å². The van der Waals surface area contributed by atoms with Gasteiger partial charge in [0.25, 0.3) is 0 Å². The van der Waals surface area contributed by atoms with Gasteiger partial charge in [0, 0.05) is 11.1 Å². The monoisotopic (exact) mass is 218 g/mol. The van der Waals surface area contributed by atoms with Crippen molar-refractivity contribution in [1.82, 2.24) is 4.98 Å². The van der Waals surface area contributed by atoms with Crippen LogP contribution < -0.4 is 5.32 Å². The summed E-state index contributed by atoms with van der Waals surface area (Å²) in [7, 11) is 0. The lowest BCUT2D eigenvalue weighted by atomic mass is 10.1. The van der Waals surface area contributed by atoms with E-state index in [4.69, 9.17) is 0 Å². The van der Waals surface area contributed by atoms with Gasteiger partial charge in [-0.1, -0.05) is 25.1 Å². The summed E-state index contributed by atoms with van der Waals surface area (Å²) in [6.07, 6.45) is 1.04. The molecule has 2 rings (SSSR count). The number of hydrogen-bond donors (Lipinski definition) is 1. The lowest BCUT2D eigenvalue weighted by Gasteiger charge is -2.07.